The largest absolute Gasteiger partial charge is 0.462 e. The maximum atomic E-state index is 11.6. The highest BCUT2D eigenvalue weighted by molar-refractivity contribution is 7.99. The van der Waals surface area contributed by atoms with Crippen LogP contribution in [-0.2, 0) is 14.3 Å². The first-order valence-corrected chi connectivity index (χ1v) is 6.46. The van der Waals surface area contributed by atoms with Crippen LogP contribution in [0.4, 0.5) is 5.69 Å². The lowest BCUT2D eigenvalue weighted by atomic mass is 10.3. The molecule has 0 fully saturated rings. The monoisotopic (exact) mass is 267 g/mol. The molecule has 0 aliphatic carbocycles. The Labute approximate surface area is 111 Å². The summed E-state index contributed by atoms with van der Waals surface area (Å²) in [6.45, 7) is 4.23. The van der Waals surface area contributed by atoms with Crippen molar-refractivity contribution in [2.75, 3.05) is 19.1 Å². The molecule has 1 rings (SSSR count). The summed E-state index contributed by atoms with van der Waals surface area (Å²) < 4.78 is 4.40. The molecule has 1 aromatic rings. The first kappa shape index (κ1) is 14.6. The molecule has 5 heteroatoms. The summed E-state index contributed by atoms with van der Waals surface area (Å²) >= 11 is 1.74. The second kappa shape index (κ2) is 6.44. The zero-order valence-corrected chi connectivity index (χ0v) is 11.8. The Bertz CT molecular complexity index is 428. The second-order valence-electron chi connectivity index (χ2n) is 4.02. The summed E-state index contributed by atoms with van der Waals surface area (Å²) in [7, 11) is 2.74. The van der Waals surface area contributed by atoms with Crippen LogP contribution >= 0.6 is 11.8 Å². The fourth-order valence-corrected chi connectivity index (χ4v) is 2.20. The molecule has 1 amide bonds. The van der Waals surface area contributed by atoms with Gasteiger partial charge in [0.15, 0.2) is 0 Å². The normalized spacial score (nSPS) is 10.3. The molecule has 0 spiro atoms. The summed E-state index contributed by atoms with van der Waals surface area (Å²) in [5.74, 6) is -1.54. The number of hydrogen-bond donors (Lipinski definition) is 0. The Morgan fingerprint density at radius 2 is 1.78 bits per heavy atom. The van der Waals surface area contributed by atoms with E-state index in [9.17, 15) is 9.59 Å². The third-order valence-electron chi connectivity index (χ3n) is 2.26. The van der Waals surface area contributed by atoms with Gasteiger partial charge in [0.05, 0.1) is 7.11 Å². The average Bonchev–Trinajstić information content (AvgIpc) is 2.36. The van der Waals surface area contributed by atoms with Crippen molar-refractivity contribution in [3.05, 3.63) is 24.3 Å². The van der Waals surface area contributed by atoms with Gasteiger partial charge < -0.3 is 9.64 Å². The van der Waals surface area contributed by atoms with E-state index >= 15 is 0 Å². The number of carbonyl (C=O) groups is 2. The van der Waals surface area contributed by atoms with E-state index < -0.39 is 11.9 Å². The summed E-state index contributed by atoms with van der Waals surface area (Å²) in [6.07, 6.45) is 0. The number of ether oxygens (including phenoxy) is 1. The molecule has 4 nitrogen and oxygen atoms in total. The van der Waals surface area contributed by atoms with Gasteiger partial charge in [-0.15, -0.1) is 11.8 Å². The van der Waals surface area contributed by atoms with Gasteiger partial charge >= 0.3 is 11.9 Å². The van der Waals surface area contributed by atoms with Crippen molar-refractivity contribution >= 4 is 29.3 Å². The summed E-state index contributed by atoms with van der Waals surface area (Å²) in [5.41, 5.74) is 0.665. The summed E-state index contributed by atoms with van der Waals surface area (Å²) in [4.78, 5) is 25.1. The summed E-state index contributed by atoms with van der Waals surface area (Å²) in [5, 5.41) is 0.505. The Morgan fingerprint density at radius 3 is 2.22 bits per heavy atom. The lowest BCUT2D eigenvalue weighted by Crippen LogP contribution is -2.33. The van der Waals surface area contributed by atoms with Gasteiger partial charge in [0.25, 0.3) is 0 Å². The fourth-order valence-electron chi connectivity index (χ4n) is 1.36. The molecule has 1 aromatic carbocycles. The minimum Gasteiger partial charge on any atom is -0.462 e. The number of nitrogens with zero attached hydrogens (tertiary/aromatic N) is 1. The molecule has 18 heavy (non-hydrogen) atoms. The second-order valence-corrected chi connectivity index (χ2v) is 5.67. The minimum absolute atomic E-state index is 0.505. The van der Waals surface area contributed by atoms with Crippen molar-refractivity contribution in [3.8, 4) is 0 Å². The van der Waals surface area contributed by atoms with Gasteiger partial charge in [-0.05, 0) is 24.3 Å². The predicted molar refractivity (Wildman–Crippen MR) is 72.9 cm³/mol. The molecule has 0 heterocycles. The third kappa shape index (κ3) is 3.77. The molecule has 0 bridgehead atoms. The molecule has 0 saturated carbocycles. The number of likely N-dealkylation sites (N-methyl/N-ethyl adjacent to an activating group) is 1. The lowest BCUT2D eigenvalue weighted by Gasteiger charge is -2.16. The van der Waals surface area contributed by atoms with E-state index in [1.54, 1.807) is 18.8 Å². The number of thioether (sulfide) groups is 1. The van der Waals surface area contributed by atoms with Gasteiger partial charge in [-0.3, -0.25) is 4.79 Å². The molecule has 0 aromatic heterocycles. The van der Waals surface area contributed by atoms with Crippen LogP contribution in [0.25, 0.3) is 0 Å². The number of amides is 1. The van der Waals surface area contributed by atoms with Crippen LogP contribution in [0.2, 0.25) is 0 Å². The van der Waals surface area contributed by atoms with Crippen molar-refractivity contribution in [2.24, 2.45) is 0 Å². The van der Waals surface area contributed by atoms with Gasteiger partial charge in [0.2, 0.25) is 0 Å². The predicted octanol–water partition coefficient (Wildman–Crippen LogP) is 2.32. The van der Waals surface area contributed by atoms with Gasteiger partial charge in [0.1, 0.15) is 0 Å². The Hall–Kier alpha value is -1.49. The van der Waals surface area contributed by atoms with Crippen LogP contribution in [0, 0.1) is 0 Å². The van der Waals surface area contributed by atoms with E-state index in [0.717, 1.165) is 4.90 Å². The van der Waals surface area contributed by atoms with Crippen molar-refractivity contribution in [3.63, 3.8) is 0 Å². The van der Waals surface area contributed by atoms with Crippen LogP contribution in [0.1, 0.15) is 13.8 Å². The van der Waals surface area contributed by atoms with E-state index in [4.69, 9.17) is 0 Å². The SMILES string of the molecule is COC(=O)C(=O)N(C)c1ccc(SC(C)C)cc1. The molecular weight excluding hydrogens is 250 g/mol. The quantitative estimate of drug-likeness (QED) is 0.479. The highest BCUT2D eigenvalue weighted by Gasteiger charge is 2.20. The van der Waals surface area contributed by atoms with E-state index in [1.807, 2.05) is 24.3 Å². The number of methoxy groups -OCH3 is 1. The van der Waals surface area contributed by atoms with Gasteiger partial charge in [-0.2, -0.15) is 0 Å². The molecule has 0 aliphatic rings. The molecule has 0 radical (unpaired) electrons. The smallest absolute Gasteiger partial charge is 0.397 e. The maximum absolute atomic E-state index is 11.6. The van der Waals surface area contributed by atoms with Crippen LogP contribution in [-0.4, -0.2) is 31.3 Å². The van der Waals surface area contributed by atoms with Crippen LogP contribution in [0.5, 0.6) is 0 Å². The number of esters is 1. The molecule has 0 N–H and O–H groups in total. The molecule has 0 saturated heterocycles. The van der Waals surface area contributed by atoms with E-state index in [2.05, 4.69) is 18.6 Å². The first-order valence-electron chi connectivity index (χ1n) is 5.58. The van der Waals surface area contributed by atoms with E-state index in [1.165, 1.54) is 12.0 Å². The zero-order chi connectivity index (χ0) is 13.7. The molecule has 0 atom stereocenters. The molecule has 98 valence electrons. The Morgan fingerprint density at radius 1 is 1.22 bits per heavy atom. The molecule has 0 unspecified atom stereocenters. The van der Waals surface area contributed by atoms with Gasteiger partial charge in [-0.25, -0.2) is 4.79 Å². The highest BCUT2D eigenvalue weighted by Crippen LogP contribution is 2.25. The van der Waals surface area contributed by atoms with Crippen molar-refractivity contribution in [2.45, 2.75) is 24.0 Å². The van der Waals surface area contributed by atoms with Crippen LogP contribution < -0.4 is 4.90 Å². The lowest BCUT2D eigenvalue weighted by molar-refractivity contribution is -0.151. The number of hydrogen-bond acceptors (Lipinski definition) is 4. The topological polar surface area (TPSA) is 46.6 Å². The third-order valence-corrected chi connectivity index (χ3v) is 3.28. The number of anilines is 1. The van der Waals surface area contributed by atoms with E-state index in [-0.39, 0.29) is 0 Å². The first-order chi connectivity index (χ1) is 8.45. The standard InChI is InChI=1S/C13H17NO3S/c1-9(2)18-11-7-5-10(6-8-11)14(3)12(15)13(16)17-4/h5-9H,1-4H3. The molecule has 0 aliphatic heterocycles. The minimum atomic E-state index is -0.863. The van der Waals surface area contributed by atoms with Crippen molar-refractivity contribution < 1.29 is 14.3 Å². The van der Waals surface area contributed by atoms with Gasteiger partial charge in [-0.1, -0.05) is 13.8 Å². The van der Waals surface area contributed by atoms with Crippen LogP contribution in [0.3, 0.4) is 0 Å². The molecular formula is C13H17NO3S. The fraction of sp³-hybridized carbons (Fsp3) is 0.385. The van der Waals surface area contributed by atoms with E-state index in [0.29, 0.717) is 10.9 Å². The Kier molecular flexibility index (Phi) is 5.22. The number of carbonyl (C=O) groups excluding carboxylic acids is 2. The van der Waals surface area contributed by atoms with Crippen molar-refractivity contribution in [1.82, 2.24) is 0 Å². The van der Waals surface area contributed by atoms with Crippen molar-refractivity contribution in [1.29, 1.82) is 0 Å². The van der Waals surface area contributed by atoms with Gasteiger partial charge in [0, 0.05) is 22.9 Å². The number of rotatable bonds is 3. The summed E-state index contributed by atoms with van der Waals surface area (Å²) in [6, 6.07) is 7.49. The number of benzene rings is 1. The average molecular weight is 267 g/mol. The Balaban J connectivity index is 2.78. The van der Waals surface area contributed by atoms with Crippen LogP contribution in [0.15, 0.2) is 29.2 Å². The maximum Gasteiger partial charge on any atom is 0.397 e. The zero-order valence-electron chi connectivity index (χ0n) is 11.0. The highest BCUT2D eigenvalue weighted by atomic mass is 32.2.